The van der Waals surface area contributed by atoms with Crippen LogP contribution >= 0.6 is 0 Å². The Kier molecular flexibility index (Phi) is 4.05. The Morgan fingerprint density at radius 2 is 2.16 bits per heavy atom. The Balaban J connectivity index is 1.52. The molecule has 1 atom stereocenters. The average Bonchev–Trinajstić information content (AvgIpc) is 3.34. The van der Waals surface area contributed by atoms with Crippen LogP contribution in [0.2, 0.25) is 0 Å². The Morgan fingerprint density at radius 3 is 2.96 bits per heavy atom. The van der Waals surface area contributed by atoms with E-state index in [2.05, 4.69) is 10.3 Å². The van der Waals surface area contributed by atoms with Crippen molar-refractivity contribution in [2.24, 2.45) is 0 Å². The molecule has 1 aliphatic heterocycles. The van der Waals surface area contributed by atoms with E-state index in [4.69, 9.17) is 4.52 Å². The van der Waals surface area contributed by atoms with E-state index in [0.29, 0.717) is 18.7 Å². The standard InChI is InChI=1S/C18H17FN4O2/c19-15-7-2-1-6-14(15)17-11-16(21-25-17)18(24)22-9-3-5-13(12-22)23-10-4-8-20-23/h1-2,4,6-8,10-11,13H,3,5,9,12H2/t13-/m0/s1. The summed E-state index contributed by atoms with van der Waals surface area (Å²) in [5, 5.41) is 8.10. The van der Waals surface area contributed by atoms with E-state index in [9.17, 15) is 9.18 Å². The number of carbonyl (C=O) groups excluding carboxylic acids is 1. The van der Waals surface area contributed by atoms with Crippen LogP contribution in [0.5, 0.6) is 0 Å². The highest BCUT2D eigenvalue weighted by molar-refractivity contribution is 5.93. The van der Waals surface area contributed by atoms with Crippen LogP contribution in [0.4, 0.5) is 4.39 Å². The lowest BCUT2D eigenvalue weighted by atomic mass is 10.1. The zero-order valence-corrected chi connectivity index (χ0v) is 13.5. The molecule has 1 saturated heterocycles. The van der Waals surface area contributed by atoms with Crippen molar-refractivity contribution in [2.75, 3.05) is 13.1 Å². The number of amides is 1. The Hall–Kier alpha value is -2.96. The Morgan fingerprint density at radius 1 is 1.28 bits per heavy atom. The maximum atomic E-state index is 13.9. The summed E-state index contributed by atoms with van der Waals surface area (Å²) in [6, 6.07) is 9.78. The minimum absolute atomic E-state index is 0.158. The molecule has 3 heterocycles. The van der Waals surface area contributed by atoms with Crippen molar-refractivity contribution in [1.82, 2.24) is 19.8 Å². The summed E-state index contributed by atoms with van der Waals surface area (Å²) < 4.78 is 20.9. The van der Waals surface area contributed by atoms with Crippen molar-refractivity contribution in [3.05, 3.63) is 60.3 Å². The fourth-order valence-electron chi connectivity index (χ4n) is 3.18. The summed E-state index contributed by atoms with van der Waals surface area (Å²) in [5.74, 6) is -0.361. The molecule has 0 spiro atoms. The summed E-state index contributed by atoms with van der Waals surface area (Å²) in [4.78, 5) is 14.5. The molecule has 2 aromatic heterocycles. The molecule has 0 bridgehead atoms. The molecule has 0 N–H and O–H groups in total. The molecule has 7 heteroatoms. The largest absolute Gasteiger partial charge is 0.355 e. The van der Waals surface area contributed by atoms with Gasteiger partial charge in [-0.3, -0.25) is 9.48 Å². The van der Waals surface area contributed by atoms with Crippen LogP contribution < -0.4 is 0 Å². The first-order valence-corrected chi connectivity index (χ1v) is 8.22. The number of piperidine rings is 1. The number of aromatic nitrogens is 3. The van der Waals surface area contributed by atoms with E-state index in [1.54, 1.807) is 29.3 Å². The third-order valence-corrected chi connectivity index (χ3v) is 4.45. The van der Waals surface area contributed by atoms with Crippen LogP contribution in [0.3, 0.4) is 0 Å². The normalized spacial score (nSPS) is 17.6. The van der Waals surface area contributed by atoms with Crippen molar-refractivity contribution in [1.29, 1.82) is 0 Å². The van der Waals surface area contributed by atoms with Gasteiger partial charge in [-0.25, -0.2) is 4.39 Å². The Bertz CT molecular complexity index is 875. The van der Waals surface area contributed by atoms with Crippen LogP contribution in [0.1, 0.15) is 29.4 Å². The number of halogens is 1. The maximum absolute atomic E-state index is 13.9. The van der Waals surface area contributed by atoms with Gasteiger partial charge < -0.3 is 9.42 Å². The van der Waals surface area contributed by atoms with E-state index < -0.39 is 5.82 Å². The zero-order valence-electron chi connectivity index (χ0n) is 13.5. The highest BCUT2D eigenvalue weighted by Crippen LogP contribution is 2.25. The Labute approximate surface area is 143 Å². The molecular weight excluding hydrogens is 323 g/mol. The lowest BCUT2D eigenvalue weighted by Gasteiger charge is -2.32. The minimum Gasteiger partial charge on any atom is -0.355 e. The van der Waals surface area contributed by atoms with Crippen molar-refractivity contribution < 1.29 is 13.7 Å². The summed E-state index contributed by atoms with van der Waals surface area (Å²) in [6.07, 6.45) is 5.52. The molecule has 128 valence electrons. The first-order chi connectivity index (χ1) is 12.2. The molecule has 25 heavy (non-hydrogen) atoms. The number of benzene rings is 1. The highest BCUT2D eigenvalue weighted by atomic mass is 19.1. The van der Waals surface area contributed by atoms with E-state index in [-0.39, 0.29) is 23.4 Å². The quantitative estimate of drug-likeness (QED) is 0.735. The first kappa shape index (κ1) is 15.6. The van der Waals surface area contributed by atoms with Crippen LogP contribution in [-0.4, -0.2) is 38.8 Å². The van der Waals surface area contributed by atoms with Gasteiger partial charge in [0.15, 0.2) is 11.5 Å². The summed E-state index contributed by atoms with van der Waals surface area (Å²) in [7, 11) is 0. The van der Waals surface area contributed by atoms with E-state index in [1.165, 1.54) is 12.1 Å². The van der Waals surface area contributed by atoms with Gasteiger partial charge in [0.1, 0.15) is 5.82 Å². The number of carbonyl (C=O) groups is 1. The summed E-state index contributed by atoms with van der Waals surface area (Å²) in [6.45, 7) is 1.24. The van der Waals surface area contributed by atoms with Crippen LogP contribution in [0.15, 0.2) is 53.3 Å². The fraction of sp³-hybridized carbons (Fsp3) is 0.278. The molecule has 4 rings (SSSR count). The molecular formula is C18H17FN4O2. The van der Waals surface area contributed by atoms with Crippen molar-refractivity contribution in [2.45, 2.75) is 18.9 Å². The fourth-order valence-corrected chi connectivity index (χ4v) is 3.18. The smallest absolute Gasteiger partial charge is 0.276 e. The van der Waals surface area contributed by atoms with Gasteiger partial charge in [0.05, 0.1) is 11.6 Å². The SMILES string of the molecule is O=C(c1cc(-c2ccccc2F)on1)N1CCC[C@H](n2cccn2)C1. The number of hydrogen-bond donors (Lipinski definition) is 0. The zero-order chi connectivity index (χ0) is 17.2. The van der Waals surface area contributed by atoms with E-state index in [0.717, 1.165) is 12.8 Å². The molecule has 0 unspecified atom stereocenters. The van der Waals surface area contributed by atoms with Gasteiger partial charge in [0.25, 0.3) is 5.91 Å². The van der Waals surface area contributed by atoms with Gasteiger partial charge in [0.2, 0.25) is 0 Å². The molecule has 3 aromatic rings. The van der Waals surface area contributed by atoms with Crippen molar-refractivity contribution >= 4 is 5.91 Å². The number of nitrogens with zero attached hydrogens (tertiary/aromatic N) is 4. The molecule has 1 aromatic carbocycles. The molecule has 0 saturated carbocycles. The van der Waals surface area contributed by atoms with Crippen molar-refractivity contribution in [3.8, 4) is 11.3 Å². The second-order valence-electron chi connectivity index (χ2n) is 6.09. The van der Waals surface area contributed by atoms with E-state index >= 15 is 0 Å². The predicted octanol–water partition coefficient (Wildman–Crippen LogP) is 3.15. The molecule has 1 aliphatic rings. The lowest BCUT2D eigenvalue weighted by molar-refractivity contribution is 0.0662. The topological polar surface area (TPSA) is 64.2 Å². The monoisotopic (exact) mass is 340 g/mol. The number of likely N-dealkylation sites (tertiary alicyclic amines) is 1. The average molecular weight is 340 g/mol. The first-order valence-electron chi connectivity index (χ1n) is 8.22. The second-order valence-corrected chi connectivity index (χ2v) is 6.09. The third kappa shape index (κ3) is 3.05. The number of rotatable bonds is 3. The van der Waals surface area contributed by atoms with Gasteiger partial charge >= 0.3 is 0 Å². The van der Waals surface area contributed by atoms with Gasteiger partial charge in [-0.2, -0.15) is 5.10 Å². The third-order valence-electron chi connectivity index (χ3n) is 4.45. The molecule has 6 nitrogen and oxygen atoms in total. The highest BCUT2D eigenvalue weighted by Gasteiger charge is 2.27. The van der Waals surface area contributed by atoms with Crippen LogP contribution in [0.25, 0.3) is 11.3 Å². The van der Waals surface area contributed by atoms with Gasteiger partial charge in [-0.15, -0.1) is 0 Å². The van der Waals surface area contributed by atoms with E-state index in [1.807, 2.05) is 16.9 Å². The minimum atomic E-state index is -0.408. The summed E-state index contributed by atoms with van der Waals surface area (Å²) in [5.41, 5.74) is 0.487. The van der Waals surface area contributed by atoms with Crippen LogP contribution in [-0.2, 0) is 0 Å². The molecule has 0 radical (unpaired) electrons. The van der Waals surface area contributed by atoms with Gasteiger partial charge in [-0.05, 0) is 31.0 Å². The second kappa shape index (κ2) is 6.51. The molecule has 1 fully saturated rings. The van der Waals surface area contributed by atoms with Crippen LogP contribution in [0, 0.1) is 5.82 Å². The molecule has 0 aliphatic carbocycles. The summed E-state index contributed by atoms with van der Waals surface area (Å²) >= 11 is 0. The van der Waals surface area contributed by atoms with Crippen molar-refractivity contribution in [3.63, 3.8) is 0 Å². The predicted molar refractivity (Wildman–Crippen MR) is 88.3 cm³/mol. The lowest BCUT2D eigenvalue weighted by Crippen LogP contribution is -2.41. The van der Waals surface area contributed by atoms with Gasteiger partial charge in [0, 0.05) is 31.5 Å². The number of hydrogen-bond acceptors (Lipinski definition) is 4. The molecule has 1 amide bonds. The maximum Gasteiger partial charge on any atom is 0.276 e. The van der Waals surface area contributed by atoms with Gasteiger partial charge in [-0.1, -0.05) is 17.3 Å².